The number of nitrogens with zero attached hydrogens (tertiary/aromatic N) is 1. The summed E-state index contributed by atoms with van der Waals surface area (Å²) in [6.07, 6.45) is -0.441. The number of rotatable bonds is 1. The maximum Gasteiger partial charge on any atom is 0.259 e. The van der Waals surface area contributed by atoms with E-state index in [-0.39, 0.29) is 10.9 Å². The molecule has 2 aromatic rings. The van der Waals surface area contributed by atoms with E-state index in [1.165, 1.54) is 29.2 Å². The fourth-order valence-electron chi connectivity index (χ4n) is 2.58. The highest BCUT2D eigenvalue weighted by atomic mass is 35.5. The van der Waals surface area contributed by atoms with Crippen LogP contribution >= 0.6 is 23.2 Å². The molecule has 6 heteroatoms. The molecule has 22 heavy (non-hydrogen) atoms. The van der Waals surface area contributed by atoms with Crippen LogP contribution in [-0.2, 0) is 0 Å². The van der Waals surface area contributed by atoms with Crippen LogP contribution in [-0.4, -0.2) is 17.6 Å². The third kappa shape index (κ3) is 2.70. The van der Waals surface area contributed by atoms with Gasteiger partial charge in [0.15, 0.2) is 0 Å². The molecule has 3 nitrogen and oxygen atoms in total. The Balaban J connectivity index is 2.03. The minimum absolute atomic E-state index is 0.257. The van der Waals surface area contributed by atoms with E-state index in [0.717, 1.165) is 0 Å². The van der Waals surface area contributed by atoms with Crippen LogP contribution in [0.3, 0.4) is 0 Å². The molecule has 0 saturated carbocycles. The second kappa shape index (κ2) is 5.88. The Morgan fingerprint density at radius 1 is 1.23 bits per heavy atom. The van der Waals surface area contributed by atoms with Crippen LogP contribution in [0.25, 0.3) is 0 Å². The molecule has 1 heterocycles. The molecule has 1 aliphatic rings. The average molecular weight is 340 g/mol. The van der Waals surface area contributed by atoms with Crippen LogP contribution in [0.4, 0.5) is 10.1 Å². The Bertz CT molecular complexity index is 751. The molecule has 0 fully saturated rings. The van der Waals surface area contributed by atoms with E-state index >= 15 is 0 Å². The molecule has 0 aromatic heterocycles. The van der Waals surface area contributed by atoms with Crippen LogP contribution in [0.5, 0.6) is 0 Å². The van der Waals surface area contributed by atoms with Gasteiger partial charge in [-0.15, -0.1) is 0 Å². The standard InChI is InChI=1S/C16H12Cl2FNO2/c17-9-1-3-11(13(18)7-9)16(22)20-6-5-15(21)12-8-10(19)2-4-14(12)20/h1-4,7-8,15,21H,5-6H2. The van der Waals surface area contributed by atoms with Crippen molar-refractivity contribution in [3.05, 3.63) is 63.4 Å². The monoisotopic (exact) mass is 339 g/mol. The lowest BCUT2D eigenvalue weighted by Gasteiger charge is -2.32. The summed E-state index contributed by atoms with van der Waals surface area (Å²) in [5, 5.41) is 10.7. The van der Waals surface area contributed by atoms with Gasteiger partial charge in [-0.25, -0.2) is 4.39 Å². The molecule has 114 valence electrons. The van der Waals surface area contributed by atoms with E-state index in [9.17, 15) is 14.3 Å². The number of benzene rings is 2. The molecular formula is C16H12Cl2FNO2. The lowest BCUT2D eigenvalue weighted by Crippen LogP contribution is -2.37. The van der Waals surface area contributed by atoms with Crippen molar-refractivity contribution in [3.8, 4) is 0 Å². The van der Waals surface area contributed by atoms with E-state index in [4.69, 9.17) is 23.2 Å². The van der Waals surface area contributed by atoms with E-state index in [2.05, 4.69) is 0 Å². The van der Waals surface area contributed by atoms with Crippen LogP contribution < -0.4 is 4.90 Å². The molecule has 1 N–H and O–H groups in total. The van der Waals surface area contributed by atoms with E-state index < -0.39 is 11.9 Å². The summed E-state index contributed by atoms with van der Waals surface area (Å²) >= 11 is 11.9. The third-order valence-electron chi connectivity index (χ3n) is 3.67. The van der Waals surface area contributed by atoms with Gasteiger partial charge in [0.2, 0.25) is 0 Å². The minimum Gasteiger partial charge on any atom is -0.388 e. The van der Waals surface area contributed by atoms with Gasteiger partial charge in [-0.3, -0.25) is 4.79 Å². The van der Waals surface area contributed by atoms with Gasteiger partial charge in [-0.05, 0) is 42.8 Å². The molecule has 1 unspecified atom stereocenters. The molecule has 1 amide bonds. The number of anilines is 1. The highest BCUT2D eigenvalue weighted by Crippen LogP contribution is 2.36. The first-order chi connectivity index (χ1) is 10.5. The van der Waals surface area contributed by atoms with Crippen molar-refractivity contribution in [1.82, 2.24) is 0 Å². The zero-order chi connectivity index (χ0) is 15.9. The number of carbonyl (C=O) groups excluding carboxylic acids is 1. The number of carbonyl (C=O) groups is 1. The summed E-state index contributed by atoms with van der Waals surface area (Å²) in [7, 11) is 0. The van der Waals surface area contributed by atoms with Crippen molar-refractivity contribution in [2.24, 2.45) is 0 Å². The largest absolute Gasteiger partial charge is 0.388 e. The van der Waals surface area contributed by atoms with E-state index in [1.807, 2.05) is 0 Å². The molecule has 3 rings (SSSR count). The topological polar surface area (TPSA) is 40.5 Å². The van der Waals surface area contributed by atoms with Crippen LogP contribution in [0.1, 0.15) is 28.4 Å². The SMILES string of the molecule is O=C(c1ccc(Cl)cc1Cl)N1CCC(O)c2cc(F)ccc21. The fourth-order valence-corrected chi connectivity index (χ4v) is 3.07. The number of amides is 1. The molecule has 1 aliphatic heterocycles. The maximum absolute atomic E-state index is 13.4. The lowest BCUT2D eigenvalue weighted by molar-refractivity contribution is 0.0970. The number of fused-ring (bicyclic) bond motifs is 1. The quantitative estimate of drug-likeness (QED) is 0.845. The molecule has 0 bridgehead atoms. The zero-order valence-corrected chi connectivity index (χ0v) is 12.9. The molecule has 1 atom stereocenters. The summed E-state index contributed by atoms with van der Waals surface area (Å²) in [5.74, 6) is -0.752. The molecule has 0 aliphatic carbocycles. The van der Waals surface area contributed by atoms with Gasteiger partial charge in [0, 0.05) is 22.8 Å². The second-order valence-corrected chi connectivity index (χ2v) is 5.93. The number of halogens is 3. The van der Waals surface area contributed by atoms with Crippen molar-refractivity contribution in [2.45, 2.75) is 12.5 Å². The van der Waals surface area contributed by atoms with Crippen molar-refractivity contribution < 1.29 is 14.3 Å². The Hall–Kier alpha value is -1.62. The van der Waals surface area contributed by atoms with E-state index in [0.29, 0.717) is 34.8 Å². The Kier molecular flexibility index (Phi) is 4.08. The van der Waals surface area contributed by atoms with Crippen molar-refractivity contribution >= 4 is 34.8 Å². The molecular weight excluding hydrogens is 328 g/mol. The number of aliphatic hydroxyl groups excluding tert-OH is 1. The summed E-state index contributed by atoms with van der Waals surface area (Å²) in [4.78, 5) is 14.2. The zero-order valence-electron chi connectivity index (χ0n) is 11.4. The summed E-state index contributed by atoms with van der Waals surface area (Å²) in [5.41, 5.74) is 1.22. The minimum atomic E-state index is -0.782. The Morgan fingerprint density at radius 2 is 2.00 bits per heavy atom. The van der Waals surface area contributed by atoms with Crippen LogP contribution in [0, 0.1) is 5.82 Å². The summed E-state index contributed by atoms with van der Waals surface area (Å²) < 4.78 is 13.4. The van der Waals surface area contributed by atoms with Gasteiger partial charge in [0.05, 0.1) is 16.7 Å². The van der Waals surface area contributed by atoms with E-state index in [1.54, 1.807) is 12.1 Å². The predicted molar refractivity (Wildman–Crippen MR) is 84.1 cm³/mol. The first-order valence-electron chi connectivity index (χ1n) is 6.72. The second-order valence-electron chi connectivity index (χ2n) is 5.09. The summed E-state index contributed by atoms with van der Waals surface area (Å²) in [6, 6.07) is 8.66. The number of hydrogen-bond donors (Lipinski definition) is 1. The summed E-state index contributed by atoms with van der Waals surface area (Å²) in [6.45, 7) is 0.331. The number of aliphatic hydroxyl groups is 1. The smallest absolute Gasteiger partial charge is 0.259 e. The van der Waals surface area contributed by atoms with Crippen LogP contribution in [0.15, 0.2) is 36.4 Å². The van der Waals surface area contributed by atoms with Crippen molar-refractivity contribution in [3.63, 3.8) is 0 Å². The van der Waals surface area contributed by atoms with Crippen LogP contribution in [0.2, 0.25) is 10.0 Å². The van der Waals surface area contributed by atoms with Crippen molar-refractivity contribution in [1.29, 1.82) is 0 Å². The van der Waals surface area contributed by atoms with Gasteiger partial charge >= 0.3 is 0 Å². The average Bonchev–Trinajstić information content (AvgIpc) is 2.47. The molecule has 0 radical (unpaired) electrons. The molecule has 2 aromatic carbocycles. The predicted octanol–water partition coefficient (Wildman–Crippen LogP) is 4.22. The van der Waals surface area contributed by atoms with Gasteiger partial charge in [-0.2, -0.15) is 0 Å². The lowest BCUT2D eigenvalue weighted by atomic mass is 9.98. The van der Waals surface area contributed by atoms with Gasteiger partial charge in [0.25, 0.3) is 5.91 Å². The third-order valence-corrected chi connectivity index (χ3v) is 4.22. The van der Waals surface area contributed by atoms with Gasteiger partial charge in [0.1, 0.15) is 5.82 Å². The van der Waals surface area contributed by atoms with Crippen molar-refractivity contribution in [2.75, 3.05) is 11.4 Å². The first kappa shape index (κ1) is 15.3. The van der Waals surface area contributed by atoms with Gasteiger partial charge < -0.3 is 10.0 Å². The van der Waals surface area contributed by atoms with Gasteiger partial charge in [-0.1, -0.05) is 23.2 Å². The molecule has 0 spiro atoms. The normalized spacial score (nSPS) is 17.3. The first-order valence-corrected chi connectivity index (χ1v) is 7.47. The Morgan fingerprint density at radius 3 is 2.73 bits per heavy atom. The molecule has 0 saturated heterocycles. The number of hydrogen-bond acceptors (Lipinski definition) is 2. The highest BCUT2D eigenvalue weighted by Gasteiger charge is 2.29. The highest BCUT2D eigenvalue weighted by molar-refractivity contribution is 6.37. The maximum atomic E-state index is 13.4. The fraction of sp³-hybridized carbons (Fsp3) is 0.188. The Labute approximate surface area is 136 Å².